The van der Waals surface area contributed by atoms with Gasteiger partial charge in [-0.1, -0.05) is 6.08 Å². The van der Waals surface area contributed by atoms with Crippen LogP contribution in [-0.2, 0) is 0 Å². The maximum atomic E-state index is 4.39. The van der Waals surface area contributed by atoms with Gasteiger partial charge in [-0.3, -0.25) is 0 Å². The first-order chi connectivity index (χ1) is 7.40. The van der Waals surface area contributed by atoms with Gasteiger partial charge in [0.2, 0.25) is 5.95 Å². The molecule has 1 aromatic rings. The standard InChI is InChI=1S/C10H15N5/c1-2-5-11-9-8-12-14-10(13-9)15-6-3-4-7-15/h2,8H,1,3-7H2,(H,11,13,14). The molecule has 0 aromatic carbocycles. The van der Waals surface area contributed by atoms with Crippen LogP contribution in [0.15, 0.2) is 18.9 Å². The van der Waals surface area contributed by atoms with Crippen molar-refractivity contribution < 1.29 is 0 Å². The molecule has 1 aliphatic heterocycles. The van der Waals surface area contributed by atoms with E-state index < -0.39 is 0 Å². The zero-order chi connectivity index (χ0) is 10.5. The largest absolute Gasteiger partial charge is 0.365 e. The number of rotatable bonds is 4. The fourth-order valence-electron chi connectivity index (χ4n) is 1.61. The van der Waals surface area contributed by atoms with E-state index in [2.05, 4.69) is 32.0 Å². The number of aromatic nitrogens is 3. The normalized spacial score (nSPS) is 15.3. The van der Waals surface area contributed by atoms with Crippen molar-refractivity contribution in [2.75, 3.05) is 29.9 Å². The summed E-state index contributed by atoms with van der Waals surface area (Å²) in [6.45, 7) is 6.40. The van der Waals surface area contributed by atoms with Gasteiger partial charge in [0.15, 0.2) is 5.82 Å². The van der Waals surface area contributed by atoms with Gasteiger partial charge in [0.05, 0.1) is 6.20 Å². The van der Waals surface area contributed by atoms with Gasteiger partial charge >= 0.3 is 0 Å². The minimum atomic E-state index is 0.693. The molecule has 1 aliphatic rings. The summed E-state index contributed by atoms with van der Waals surface area (Å²) >= 11 is 0. The maximum Gasteiger partial charge on any atom is 0.247 e. The van der Waals surface area contributed by atoms with E-state index >= 15 is 0 Å². The van der Waals surface area contributed by atoms with Gasteiger partial charge in [0.1, 0.15) is 0 Å². The lowest BCUT2D eigenvalue weighted by molar-refractivity contribution is 0.850. The van der Waals surface area contributed by atoms with Crippen molar-refractivity contribution in [3.63, 3.8) is 0 Å². The predicted octanol–water partition coefficient (Wildman–Crippen LogP) is 1.07. The second kappa shape index (κ2) is 4.72. The zero-order valence-corrected chi connectivity index (χ0v) is 8.69. The maximum absolute atomic E-state index is 4.39. The average molecular weight is 205 g/mol. The smallest absolute Gasteiger partial charge is 0.247 e. The third-order valence-corrected chi connectivity index (χ3v) is 2.36. The lowest BCUT2D eigenvalue weighted by atomic mass is 10.4. The number of hydrogen-bond acceptors (Lipinski definition) is 5. The first-order valence-corrected chi connectivity index (χ1v) is 5.19. The Labute approximate surface area is 89.2 Å². The molecule has 5 heteroatoms. The highest BCUT2D eigenvalue weighted by Gasteiger charge is 2.15. The van der Waals surface area contributed by atoms with E-state index in [1.807, 2.05) is 0 Å². The molecule has 0 bridgehead atoms. The van der Waals surface area contributed by atoms with Crippen molar-refractivity contribution in [1.82, 2.24) is 15.2 Å². The quantitative estimate of drug-likeness (QED) is 0.745. The van der Waals surface area contributed by atoms with Gasteiger partial charge in [-0.05, 0) is 12.8 Å². The Morgan fingerprint density at radius 1 is 1.47 bits per heavy atom. The van der Waals surface area contributed by atoms with Crippen molar-refractivity contribution in [3.8, 4) is 0 Å². The van der Waals surface area contributed by atoms with Crippen molar-refractivity contribution >= 4 is 11.8 Å². The monoisotopic (exact) mass is 205 g/mol. The Morgan fingerprint density at radius 2 is 2.27 bits per heavy atom. The Morgan fingerprint density at radius 3 is 3.00 bits per heavy atom. The third-order valence-electron chi connectivity index (χ3n) is 2.36. The van der Waals surface area contributed by atoms with Gasteiger partial charge in [0.25, 0.3) is 0 Å². The number of nitrogens with one attached hydrogen (secondary N) is 1. The molecule has 0 spiro atoms. The number of hydrogen-bond donors (Lipinski definition) is 1. The Kier molecular flexibility index (Phi) is 3.11. The SMILES string of the molecule is C=CCNc1cnnc(N2CCCC2)n1. The second-order valence-electron chi connectivity index (χ2n) is 3.51. The van der Waals surface area contributed by atoms with Crippen molar-refractivity contribution in [1.29, 1.82) is 0 Å². The first kappa shape index (κ1) is 9.89. The summed E-state index contributed by atoms with van der Waals surface area (Å²) in [5.41, 5.74) is 0. The van der Waals surface area contributed by atoms with Crippen LogP contribution >= 0.6 is 0 Å². The summed E-state index contributed by atoms with van der Waals surface area (Å²) in [5.74, 6) is 1.48. The molecule has 1 fully saturated rings. The highest BCUT2D eigenvalue weighted by molar-refractivity contribution is 5.39. The van der Waals surface area contributed by atoms with Gasteiger partial charge in [-0.15, -0.1) is 11.7 Å². The van der Waals surface area contributed by atoms with Gasteiger partial charge in [0, 0.05) is 19.6 Å². The van der Waals surface area contributed by atoms with E-state index in [0.29, 0.717) is 6.54 Å². The Bertz CT molecular complexity index is 332. The lowest BCUT2D eigenvalue weighted by Gasteiger charge is -2.14. The van der Waals surface area contributed by atoms with Gasteiger partial charge in [-0.2, -0.15) is 10.1 Å². The number of nitrogens with zero attached hydrogens (tertiary/aromatic N) is 4. The summed E-state index contributed by atoms with van der Waals surface area (Å²) < 4.78 is 0. The molecular weight excluding hydrogens is 190 g/mol. The molecule has 0 aliphatic carbocycles. The van der Waals surface area contributed by atoms with Gasteiger partial charge in [-0.25, -0.2) is 0 Å². The fraction of sp³-hybridized carbons (Fsp3) is 0.500. The Hall–Kier alpha value is -1.65. The van der Waals surface area contributed by atoms with Crippen molar-refractivity contribution in [2.24, 2.45) is 0 Å². The molecule has 1 saturated heterocycles. The minimum absolute atomic E-state index is 0.693. The molecular formula is C10H15N5. The van der Waals surface area contributed by atoms with E-state index in [-0.39, 0.29) is 0 Å². The van der Waals surface area contributed by atoms with Crippen molar-refractivity contribution in [2.45, 2.75) is 12.8 Å². The van der Waals surface area contributed by atoms with Crippen LogP contribution in [0.25, 0.3) is 0 Å². The molecule has 0 unspecified atom stereocenters. The summed E-state index contributed by atoms with van der Waals surface area (Å²) in [5, 5.41) is 11.1. The topological polar surface area (TPSA) is 53.9 Å². The molecule has 2 heterocycles. The third kappa shape index (κ3) is 2.43. The van der Waals surface area contributed by atoms with Crippen LogP contribution in [0.2, 0.25) is 0 Å². The minimum Gasteiger partial charge on any atom is -0.365 e. The molecule has 2 rings (SSSR count). The molecule has 15 heavy (non-hydrogen) atoms. The molecule has 0 radical (unpaired) electrons. The van der Waals surface area contributed by atoms with Crippen LogP contribution in [0.4, 0.5) is 11.8 Å². The first-order valence-electron chi connectivity index (χ1n) is 5.19. The molecule has 80 valence electrons. The summed E-state index contributed by atoms with van der Waals surface area (Å²) in [4.78, 5) is 6.54. The van der Waals surface area contributed by atoms with E-state index in [1.54, 1.807) is 12.3 Å². The molecule has 0 saturated carbocycles. The van der Waals surface area contributed by atoms with E-state index in [0.717, 1.165) is 24.9 Å². The van der Waals surface area contributed by atoms with Crippen LogP contribution in [0, 0.1) is 0 Å². The van der Waals surface area contributed by atoms with E-state index in [4.69, 9.17) is 0 Å². The lowest BCUT2D eigenvalue weighted by Crippen LogP contribution is -2.21. The van der Waals surface area contributed by atoms with Crippen LogP contribution in [0.3, 0.4) is 0 Å². The summed E-state index contributed by atoms with van der Waals surface area (Å²) in [6, 6.07) is 0. The highest BCUT2D eigenvalue weighted by Crippen LogP contribution is 2.15. The number of anilines is 2. The summed E-state index contributed by atoms with van der Waals surface area (Å²) in [6.07, 6.45) is 5.85. The predicted molar refractivity (Wildman–Crippen MR) is 60.0 cm³/mol. The molecule has 0 atom stereocenters. The molecule has 1 aromatic heterocycles. The Balaban J connectivity index is 2.07. The van der Waals surface area contributed by atoms with Crippen LogP contribution in [0.1, 0.15) is 12.8 Å². The summed E-state index contributed by atoms with van der Waals surface area (Å²) in [7, 11) is 0. The van der Waals surface area contributed by atoms with Crippen LogP contribution in [-0.4, -0.2) is 34.8 Å². The van der Waals surface area contributed by atoms with Gasteiger partial charge < -0.3 is 10.2 Å². The van der Waals surface area contributed by atoms with E-state index in [1.165, 1.54) is 12.8 Å². The van der Waals surface area contributed by atoms with E-state index in [9.17, 15) is 0 Å². The second-order valence-corrected chi connectivity index (χ2v) is 3.51. The molecule has 5 nitrogen and oxygen atoms in total. The highest BCUT2D eigenvalue weighted by atomic mass is 15.3. The molecule has 0 amide bonds. The molecule has 1 N–H and O–H groups in total. The fourth-order valence-corrected chi connectivity index (χ4v) is 1.61. The zero-order valence-electron chi connectivity index (χ0n) is 8.69. The van der Waals surface area contributed by atoms with Crippen LogP contribution < -0.4 is 10.2 Å². The van der Waals surface area contributed by atoms with Crippen LogP contribution in [0.5, 0.6) is 0 Å². The van der Waals surface area contributed by atoms with Crippen molar-refractivity contribution in [3.05, 3.63) is 18.9 Å². The average Bonchev–Trinajstić information content (AvgIpc) is 2.80.